The molecule has 0 unspecified atom stereocenters. The summed E-state index contributed by atoms with van der Waals surface area (Å²) in [5.74, 6) is 0.518. The van der Waals surface area contributed by atoms with Crippen LogP contribution in [0.2, 0.25) is 0 Å². The first-order valence-corrected chi connectivity index (χ1v) is 7.63. The van der Waals surface area contributed by atoms with Crippen molar-refractivity contribution in [3.05, 3.63) is 29.8 Å². The lowest BCUT2D eigenvalue weighted by Crippen LogP contribution is -2.50. The number of β-amino-alcohol motifs (C(OH)–C–C–N with tert-alkyl or cyclic N) is 1. The number of nitrogens with one attached hydrogen (secondary N) is 2. The average Bonchev–Trinajstić information content (AvgIpc) is 2.79. The number of aliphatic hydroxyl groups is 1. The number of esters is 1. The van der Waals surface area contributed by atoms with Crippen LogP contribution in [-0.2, 0) is 16.0 Å². The second-order valence-corrected chi connectivity index (χ2v) is 5.89. The number of aliphatic hydroxyl groups excluding tert-OH is 1. The molecular weight excluding hydrogens is 284 g/mol. The van der Waals surface area contributed by atoms with E-state index in [1.807, 2.05) is 24.3 Å². The molecule has 0 saturated carbocycles. The van der Waals surface area contributed by atoms with E-state index in [9.17, 15) is 9.90 Å². The summed E-state index contributed by atoms with van der Waals surface area (Å²) in [7, 11) is 1.63. The van der Waals surface area contributed by atoms with Crippen LogP contribution in [0, 0.1) is 5.92 Å². The van der Waals surface area contributed by atoms with Crippen LogP contribution < -0.4 is 15.4 Å². The molecule has 1 aromatic carbocycles. The zero-order valence-corrected chi connectivity index (χ0v) is 12.6. The van der Waals surface area contributed by atoms with E-state index < -0.39 is 12.2 Å². The lowest BCUT2D eigenvalue weighted by atomic mass is 10.0. The van der Waals surface area contributed by atoms with Gasteiger partial charge in [0.1, 0.15) is 18.0 Å². The molecule has 6 nitrogen and oxygen atoms in total. The molecule has 2 fully saturated rings. The Morgan fingerprint density at radius 2 is 2.00 bits per heavy atom. The number of carbonyl (C=O) groups is 1. The summed E-state index contributed by atoms with van der Waals surface area (Å²) in [5, 5.41) is 16.4. The third-order valence-corrected chi connectivity index (χ3v) is 4.35. The van der Waals surface area contributed by atoms with E-state index in [0.29, 0.717) is 26.1 Å². The Kier molecular flexibility index (Phi) is 4.61. The monoisotopic (exact) mass is 306 g/mol. The molecule has 120 valence electrons. The van der Waals surface area contributed by atoms with Crippen LogP contribution in [0.15, 0.2) is 24.3 Å². The molecule has 2 heterocycles. The molecule has 0 aromatic heterocycles. The van der Waals surface area contributed by atoms with E-state index in [1.54, 1.807) is 7.11 Å². The molecule has 0 radical (unpaired) electrons. The summed E-state index contributed by atoms with van der Waals surface area (Å²) in [6, 6.07) is 7.71. The molecule has 2 saturated heterocycles. The summed E-state index contributed by atoms with van der Waals surface area (Å²) < 4.78 is 10.7. The Morgan fingerprint density at radius 3 is 2.59 bits per heavy atom. The number of carbonyl (C=O) groups excluding carboxylic acids is 1. The molecule has 2 aliphatic heterocycles. The van der Waals surface area contributed by atoms with Gasteiger partial charge in [0, 0.05) is 19.6 Å². The van der Waals surface area contributed by atoms with Crippen molar-refractivity contribution >= 4 is 5.97 Å². The highest BCUT2D eigenvalue weighted by Crippen LogP contribution is 2.20. The Labute approximate surface area is 129 Å². The fraction of sp³-hybridized carbons (Fsp3) is 0.562. The van der Waals surface area contributed by atoms with Crippen LogP contribution in [0.1, 0.15) is 5.56 Å². The van der Waals surface area contributed by atoms with Crippen molar-refractivity contribution < 1.29 is 19.4 Å². The summed E-state index contributed by atoms with van der Waals surface area (Å²) in [4.78, 5) is 12.0. The predicted octanol–water partition coefficient (Wildman–Crippen LogP) is -0.298. The highest BCUT2D eigenvalue weighted by atomic mass is 16.6. The smallest absolute Gasteiger partial charge is 0.311 e. The third-order valence-electron chi connectivity index (χ3n) is 4.35. The summed E-state index contributed by atoms with van der Waals surface area (Å²) >= 11 is 0. The van der Waals surface area contributed by atoms with Gasteiger partial charge in [-0.3, -0.25) is 4.79 Å². The number of hydrogen-bond donors (Lipinski definition) is 3. The highest BCUT2D eigenvalue weighted by molar-refractivity contribution is 5.74. The number of methoxy groups -OCH3 is 1. The molecule has 0 spiro atoms. The number of benzene rings is 1. The van der Waals surface area contributed by atoms with E-state index in [1.165, 1.54) is 0 Å². The Bertz CT molecular complexity index is 515. The molecule has 1 aromatic rings. The van der Waals surface area contributed by atoms with Crippen molar-refractivity contribution in [2.24, 2.45) is 5.92 Å². The molecule has 2 aliphatic rings. The topological polar surface area (TPSA) is 79.8 Å². The van der Waals surface area contributed by atoms with Crippen LogP contribution in [0.25, 0.3) is 0 Å². The van der Waals surface area contributed by atoms with E-state index in [0.717, 1.165) is 11.3 Å². The van der Waals surface area contributed by atoms with Crippen LogP contribution in [0.3, 0.4) is 0 Å². The van der Waals surface area contributed by atoms with Crippen molar-refractivity contribution in [1.82, 2.24) is 10.6 Å². The van der Waals surface area contributed by atoms with Gasteiger partial charge >= 0.3 is 5.97 Å². The van der Waals surface area contributed by atoms with Crippen molar-refractivity contribution in [2.75, 3.05) is 26.7 Å². The SMILES string of the molecule is COc1ccc(C[C@H]2NC[C@H](O)[C@H]2OC(=O)C2CNC2)cc1. The minimum Gasteiger partial charge on any atom is -0.497 e. The molecular formula is C16H22N2O4. The maximum Gasteiger partial charge on any atom is 0.311 e. The summed E-state index contributed by atoms with van der Waals surface area (Å²) in [6.07, 6.45) is -0.447. The van der Waals surface area contributed by atoms with Crippen molar-refractivity contribution in [2.45, 2.75) is 24.7 Å². The quantitative estimate of drug-likeness (QED) is 0.648. The maximum atomic E-state index is 12.0. The molecule has 22 heavy (non-hydrogen) atoms. The van der Waals surface area contributed by atoms with E-state index in [-0.39, 0.29) is 17.9 Å². The minimum absolute atomic E-state index is 0.0691. The molecule has 0 amide bonds. The lowest BCUT2D eigenvalue weighted by molar-refractivity contribution is -0.160. The predicted molar refractivity (Wildman–Crippen MR) is 80.7 cm³/mol. The number of rotatable bonds is 5. The van der Waals surface area contributed by atoms with Gasteiger partial charge in [0.15, 0.2) is 0 Å². The summed E-state index contributed by atoms with van der Waals surface area (Å²) in [6.45, 7) is 1.78. The van der Waals surface area contributed by atoms with Gasteiger partial charge in [-0.15, -0.1) is 0 Å². The molecule has 6 heteroatoms. The van der Waals surface area contributed by atoms with Gasteiger partial charge in [-0.25, -0.2) is 0 Å². The zero-order valence-electron chi connectivity index (χ0n) is 12.6. The van der Waals surface area contributed by atoms with Crippen LogP contribution in [0.5, 0.6) is 5.75 Å². The summed E-state index contributed by atoms with van der Waals surface area (Å²) in [5.41, 5.74) is 1.11. The molecule has 0 aliphatic carbocycles. The molecule has 3 N–H and O–H groups in total. The Balaban J connectivity index is 1.61. The zero-order chi connectivity index (χ0) is 15.5. The minimum atomic E-state index is -0.653. The second-order valence-electron chi connectivity index (χ2n) is 5.89. The molecule has 3 atom stereocenters. The largest absolute Gasteiger partial charge is 0.497 e. The first-order valence-electron chi connectivity index (χ1n) is 7.63. The fourth-order valence-corrected chi connectivity index (χ4v) is 2.82. The van der Waals surface area contributed by atoms with Crippen LogP contribution in [0.4, 0.5) is 0 Å². The number of hydrogen-bond acceptors (Lipinski definition) is 6. The highest BCUT2D eigenvalue weighted by Gasteiger charge is 2.39. The van der Waals surface area contributed by atoms with Gasteiger partial charge in [0.05, 0.1) is 19.1 Å². The van der Waals surface area contributed by atoms with Crippen LogP contribution >= 0.6 is 0 Å². The Hall–Kier alpha value is -1.63. The fourth-order valence-electron chi connectivity index (χ4n) is 2.82. The molecule has 3 rings (SSSR count). The normalized spacial score (nSPS) is 28.2. The van der Waals surface area contributed by atoms with Crippen LogP contribution in [-0.4, -0.2) is 56.1 Å². The average molecular weight is 306 g/mol. The molecule has 0 bridgehead atoms. The van der Waals surface area contributed by atoms with Crippen molar-refractivity contribution in [1.29, 1.82) is 0 Å². The van der Waals surface area contributed by atoms with Gasteiger partial charge < -0.3 is 25.2 Å². The first kappa shape index (κ1) is 15.3. The van der Waals surface area contributed by atoms with Crippen molar-refractivity contribution in [3.8, 4) is 5.75 Å². The Morgan fingerprint density at radius 1 is 1.27 bits per heavy atom. The van der Waals surface area contributed by atoms with Gasteiger partial charge in [0.2, 0.25) is 0 Å². The van der Waals surface area contributed by atoms with Gasteiger partial charge in [-0.05, 0) is 24.1 Å². The van der Waals surface area contributed by atoms with Gasteiger partial charge in [0.25, 0.3) is 0 Å². The van der Waals surface area contributed by atoms with E-state index in [2.05, 4.69) is 10.6 Å². The van der Waals surface area contributed by atoms with Crippen molar-refractivity contribution in [3.63, 3.8) is 0 Å². The van der Waals surface area contributed by atoms with Gasteiger partial charge in [-0.2, -0.15) is 0 Å². The maximum absolute atomic E-state index is 12.0. The number of ether oxygens (including phenoxy) is 2. The van der Waals surface area contributed by atoms with Gasteiger partial charge in [-0.1, -0.05) is 12.1 Å². The third kappa shape index (κ3) is 3.24. The van der Waals surface area contributed by atoms with E-state index >= 15 is 0 Å². The standard InChI is InChI=1S/C16H22N2O4/c1-21-12-4-2-10(3-5-12)6-13-15(14(19)9-18-13)22-16(20)11-7-17-8-11/h2-5,11,13-15,17-19H,6-9H2,1H3/t13-,14+,15+/m1/s1. The second kappa shape index (κ2) is 6.64. The lowest BCUT2D eigenvalue weighted by Gasteiger charge is -2.29. The van der Waals surface area contributed by atoms with E-state index in [4.69, 9.17) is 9.47 Å². The first-order chi connectivity index (χ1) is 10.7.